The van der Waals surface area contributed by atoms with Crippen LogP contribution in [0.2, 0.25) is 5.02 Å². The van der Waals surface area contributed by atoms with Gasteiger partial charge in [-0.3, -0.25) is 14.2 Å². The normalized spacial score (nSPS) is 10.8. The average molecular weight is 452 g/mol. The van der Waals surface area contributed by atoms with Crippen molar-refractivity contribution >= 4 is 45.9 Å². The Morgan fingerprint density at radius 1 is 1.06 bits per heavy atom. The highest BCUT2D eigenvalue weighted by Crippen LogP contribution is 2.27. The summed E-state index contributed by atoms with van der Waals surface area (Å²) in [6, 6.07) is 21.3. The molecule has 0 aliphatic rings. The molecule has 0 unspecified atom stereocenters. The molecule has 3 aromatic carbocycles. The number of para-hydroxylation sites is 4. The fraction of sp³-hybridized carbons (Fsp3) is 0.0870. The summed E-state index contributed by atoms with van der Waals surface area (Å²) in [5, 5.41) is 4.11. The van der Waals surface area contributed by atoms with Gasteiger partial charge in [-0.1, -0.05) is 59.8 Å². The van der Waals surface area contributed by atoms with Crippen molar-refractivity contribution in [2.75, 3.05) is 18.2 Å². The number of carbonyl (C=O) groups is 1. The monoisotopic (exact) mass is 451 g/mol. The van der Waals surface area contributed by atoms with Crippen molar-refractivity contribution in [1.82, 2.24) is 9.55 Å². The van der Waals surface area contributed by atoms with Crippen molar-refractivity contribution in [2.45, 2.75) is 5.16 Å². The van der Waals surface area contributed by atoms with E-state index in [1.807, 2.05) is 18.2 Å². The summed E-state index contributed by atoms with van der Waals surface area (Å²) in [5.41, 5.74) is 1.42. The van der Waals surface area contributed by atoms with Crippen LogP contribution in [0.5, 0.6) is 5.75 Å². The molecule has 6 nitrogen and oxygen atoms in total. The third-order valence-corrected chi connectivity index (χ3v) is 5.82. The van der Waals surface area contributed by atoms with Crippen LogP contribution in [0.25, 0.3) is 16.6 Å². The second kappa shape index (κ2) is 9.24. The smallest absolute Gasteiger partial charge is 0.266 e. The molecule has 156 valence electrons. The number of nitrogens with zero attached hydrogens (tertiary/aromatic N) is 2. The first-order chi connectivity index (χ1) is 15.1. The van der Waals surface area contributed by atoms with Crippen LogP contribution in [0.15, 0.2) is 82.7 Å². The van der Waals surface area contributed by atoms with Gasteiger partial charge in [0.2, 0.25) is 5.91 Å². The molecule has 0 atom stereocenters. The minimum atomic E-state index is -0.257. The Morgan fingerprint density at radius 3 is 2.58 bits per heavy atom. The molecule has 0 fully saturated rings. The average Bonchev–Trinajstić information content (AvgIpc) is 2.79. The second-order valence-electron chi connectivity index (χ2n) is 6.54. The van der Waals surface area contributed by atoms with Crippen LogP contribution in [0, 0.1) is 0 Å². The zero-order valence-electron chi connectivity index (χ0n) is 16.5. The van der Waals surface area contributed by atoms with E-state index in [2.05, 4.69) is 10.3 Å². The van der Waals surface area contributed by atoms with Gasteiger partial charge in [0.15, 0.2) is 5.16 Å². The summed E-state index contributed by atoms with van der Waals surface area (Å²) >= 11 is 7.28. The maximum Gasteiger partial charge on any atom is 0.266 e. The zero-order valence-corrected chi connectivity index (χ0v) is 18.1. The summed E-state index contributed by atoms with van der Waals surface area (Å²) in [6.45, 7) is 0. The number of anilines is 1. The second-order valence-corrected chi connectivity index (χ2v) is 7.89. The molecule has 0 radical (unpaired) electrons. The maximum atomic E-state index is 13.3. The van der Waals surface area contributed by atoms with Crippen LogP contribution >= 0.6 is 23.4 Å². The van der Waals surface area contributed by atoms with E-state index >= 15 is 0 Å². The van der Waals surface area contributed by atoms with Crippen molar-refractivity contribution in [1.29, 1.82) is 0 Å². The third kappa shape index (κ3) is 4.42. The molecular formula is C23H18ClN3O3S. The minimum Gasteiger partial charge on any atom is -0.495 e. The molecule has 0 bridgehead atoms. The van der Waals surface area contributed by atoms with Crippen LogP contribution in [0.3, 0.4) is 0 Å². The number of benzene rings is 3. The van der Waals surface area contributed by atoms with E-state index in [0.717, 1.165) is 11.8 Å². The number of methoxy groups -OCH3 is 1. The van der Waals surface area contributed by atoms with E-state index in [1.54, 1.807) is 61.7 Å². The van der Waals surface area contributed by atoms with Gasteiger partial charge in [-0.15, -0.1) is 0 Å². The number of halogens is 1. The van der Waals surface area contributed by atoms with Gasteiger partial charge in [0.05, 0.1) is 40.2 Å². The van der Waals surface area contributed by atoms with Gasteiger partial charge >= 0.3 is 0 Å². The largest absolute Gasteiger partial charge is 0.495 e. The predicted molar refractivity (Wildman–Crippen MR) is 125 cm³/mol. The molecule has 1 aromatic heterocycles. The van der Waals surface area contributed by atoms with Gasteiger partial charge < -0.3 is 10.1 Å². The number of aromatic nitrogens is 2. The van der Waals surface area contributed by atoms with E-state index in [-0.39, 0.29) is 17.2 Å². The molecule has 0 saturated heterocycles. The summed E-state index contributed by atoms with van der Waals surface area (Å²) in [5.74, 6) is 0.321. The maximum absolute atomic E-state index is 13.3. The molecule has 31 heavy (non-hydrogen) atoms. The third-order valence-electron chi connectivity index (χ3n) is 4.55. The van der Waals surface area contributed by atoms with Crippen molar-refractivity contribution in [2.24, 2.45) is 0 Å². The fourth-order valence-corrected chi connectivity index (χ4v) is 4.10. The predicted octanol–water partition coefficient (Wildman–Crippen LogP) is 4.78. The quantitative estimate of drug-likeness (QED) is 0.337. The SMILES string of the molecule is COc1ccccc1-n1c(SCC(=O)Nc2ccccc2Cl)nc2ccccc2c1=O. The van der Waals surface area contributed by atoms with Gasteiger partial charge in [0.25, 0.3) is 5.56 Å². The first-order valence-electron chi connectivity index (χ1n) is 9.41. The zero-order chi connectivity index (χ0) is 21.8. The highest BCUT2D eigenvalue weighted by molar-refractivity contribution is 7.99. The fourth-order valence-electron chi connectivity index (χ4n) is 3.12. The number of fused-ring (bicyclic) bond motifs is 1. The van der Waals surface area contributed by atoms with E-state index in [4.69, 9.17) is 16.3 Å². The number of hydrogen-bond donors (Lipinski definition) is 1. The lowest BCUT2D eigenvalue weighted by atomic mass is 10.2. The Morgan fingerprint density at radius 2 is 1.77 bits per heavy atom. The van der Waals surface area contributed by atoms with E-state index in [1.165, 1.54) is 4.57 Å². The Balaban J connectivity index is 1.72. The van der Waals surface area contributed by atoms with Gasteiger partial charge in [-0.05, 0) is 36.4 Å². The standard InChI is InChI=1S/C23H18ClN3O3S/c1-30-20-13-7-6-12-19(20)27-22(29)15-8-2-4-10-17(15)26-23(27)31-14-21(28)25-18-11-5-3-9-16(18)24/h2-13H,14H2,1H3,(H,25,28). The molecular weight excluding hydrogens is 434 g/mol. The Kier molecular flexibility index (Phi) is 6.25. The highest BCUT2D eigenvalue weighted by Gasteiger charge is 2.17. The number of hydrogen-bond acceptors (Lipinski definition) is 5. The van der Waals surface area contributed by atoms with Gasteiger partial charge in [0.1, 0.15) is 5.75 Å². The summed E-state index contributed by atoms with van der Waals surface area (Å²) in [7, 11) is 1.54. The van der Waals surface area contributed by atoms with E-state index < -0.39 is 0 Å². The molecule has 0 saturated carbocycles. The van der Waals surface area contributed by atoms with Crippen LogP contribution in [-0.4, -0.2) is 28.3 Å². The topological polar surface area (TPSA) is 73.2 Å². The number of carbonyl (C=O) groups excluding carboxylic acids is 1. The Labute approximate surface area is 187 Å². The number of amides is 1. The van der Waals surface area contributed by atoms with Gasteiger partial charge in [-0.2, -0.15) is 0 Å². The first kappa shape index (κ1) is 21.0. The number of nitrogens with one attached hydrogen (secondary N) is 1. The Hall–Kier alpha value is -3.29. The lowest BCUT2D eigenvalue weighted by molar-refractivity contribution is -0.113. The molecule has 8 heteroatoms. The van der Waals surface area contributed by atoms with Crippen molar-refractivity contribution < 1.29 is 9.53 Å². The van der Waals surface area contributed by atoms with Gasteiger partial charge in [0, 0.05) is 0 Å². The lowest BCUT2D eigenvalue weighted by Crippen LogP contribution is -2.23. The molecule has 4 rings (SSSR count). The van der Waals surface area contributed by atoms with Crippen molar-refractivity contribution in [3.63, 3.8) is 0 Å². The number of thioether (sulfide) groups is 1. The molecule has 4 aromatic rings. The summed E-state index contributed by atoms with van der Waals surface area (Å²) in [4.78, 5) is 30.5. The molecule has 0 aliphatic heterocycles. The summed E-state index contributed by atoms with van der Waals surface area (Å²) in [6.07, 6.45) is 0. The number of rotatable bonds is 6. The van der Waals surface area contributed by atoms with Crippen LogP contribution in [0.1, 0.15) is 0 Å². The molecule has 0 aliphatic carbocycles. The van der Waals surface area contributed by atoms with Crippen molar-refractivity contribution in [3.05, 3.63) is 88.2 Å². The lowest BCUT2D eigenvalue weighted by Gasteiger charge is -2.15. The van der Waals surface area contributed by atoms with Gasteiger partial charge in [-0.25, -0.2) is 4.98 Å². The van der Waals surface area contributed by atoms with Crippen molar-refractivity contribution in [3.8, 4) is 11.4 Å². The van der Waals surface area contributed by atoms with Crippen LogP contribution in [0.4, 0.5) is 5.69 Å². The summed E-state index contributed by atoms with van der Waals surface area (Å²) < 4.78 is 6.93. The molecule has 0 spiro atoms. The molecule has 1 heterocycles. The van der Waals surface area contributed by atoms with E-state index in [9.17, 15) is 9.59 Å². The molecule has 1 N–H and O–H groups in total. The first-order valence-corrected chi connectivity index (χ1v) is 10.8. The van der Waals surface area contributed by atoms with E-state index in [0.29, 0.717) is 38.2 Å². The van der Waals surface area contributed by atoms with Crippen LogP contribution < -0.4 is 15.6 Å². The Bertz CT molecular complexity index is 1320. The molecule has 1 amide bonds. The van der Waals surface area contributed by atoms with Crippen LogP contribution in [-0.2, 0) is 4.79 Å². The highest BCUT2D eigenvalue weighted by atomic mass is 35.5. The number of ether oxygens (including phenoxy) is 1. The minimum absolute atomic E-state index is 0.0468.